The van der Waals surface area contributed by atoms with Gasteiger partial charge in [0, 0.05) is 45.3 Å². The topological polar surface area (TPSA) is 49.3 Å². The molecule has 28 heavy (non-hydrogen) atoms. The van der Waals surface area contributed by atoms with Crippen molar-refractivity contribution in [2.75, 3.05) is 53.5 Å². The van der Waals surface area contributed by atoms with Gasteiger partial charge in [-0.25, -0.2) is 0 Å². The van der Waals surface area contributed by atoms with Crippen LogP contribution < -0.4 is 10.1 Å². The molecule has 1 saturated heterocycles. The summed E-state index contributed by atoms with van der Waals surface area (Å²) in [6, 6.07) is 8.11. The first kappa shape index (κ1) is 25.0. The Kier molecular flexibility index (Phi) is 11.8. The molecule has 160 valence electrons. The van der Waals surface area contributed by atoms with Crippen molar-refractivity contribution < 1.29 is 9.47 Å². The lowest BCUT2D eigenvalue weighted by molar-refractivity contribution is -0.0262. The van der Waals surface area contributed by atoms with Crippen LogP contribution in [0.4, 0.5) is 0 Å². The van der Waals surface area contributed by atoms with Crippen LogP contribution in [0.25, 0.3) is 0 Å². The van der Waals surface area contributed by atoms with Crippen LogP contribution in [-0.2, 0) is 11.3 Å². The maximum absolute atomic E-state index is 5.94. The molecule has 0 aromatic heterocycles. The second kappa shape index (κ2) is 13.2. The highest BCUT2D eigenvalue weighted by Gasteiger charge is 2.21. The summed E-state index contributed by atoms with van der Waals surface area (Å²) in [6.07, 6.45) is 0.158. The fourth-order valence-electron chi connectivity index (χ4n) is 3.40. The summed E-state index contributed by atoms with van der Waals surface area (Å²) >= 11 is 0. The van der Waals surface area contributed by atoms with Crippen LogP contribution in [0.5, 0.6) is 5.75 Å². The van der Waals surface area contributed by atoms with Gasteiger partial charge >= 0.3 is 0 Å². The fourth-order valence-corrected chi connectivity index (χ4v) is 3.40. The van der Waals surface area contributed by atoms with Crippen LogP contribution in [0.15, 0.2) is 29.3 Å². The van der Waals surface area contributed by atoms with Crippen molar-refractivity contribution in [1.29, 1.82) is 0 Å². The molecule has 1 unspecified atom stereocenters. The molecule has 0 saturated carbocycles. The number of aliphatic imine (C=N–C) groups is 1. The number of nitrogens with one attached hydrogen (secondary N) is 1. The van der Waals surface area contributed by atoms with Gasteiger partial charge in [-0.2, -0.15) is 0 Å². The van der Waals surface area contributed by atoms with Crippen molar-refractivity contribution in [3.8, 4) is 5.75 Å². The molecular weight excluding hydrogens is 467 g/mol. The Morgan fingerprint density at radius 1 is 1.39 bits per heavy atom. The largest absolute Gasteiger partial charge is 0.496 e. The summed E-state index contributed by atoms with van der Waals surface area (Å²) in [4.78, 5) is 9.46. The van der Waals surface area contributed by atoms with E-state index in [0.29, 0.717) is 12.5 Å². The number of methoxy groups -OCH3 is 1. The third-order valence-corrected chi connectivity index (χ3v) is 4.59. The number of halogens is 1. The zero-order valence-corrected chi connectivity index (χ0v) is 20.3. The number of hydrogen-bond acceptors (Lipinski definition) is 4. The number of guanidine groups is 1. The molecule has 0 spiro atoms. The molecule has 1 aromatic carbocycles. The van der Waals surface area contributed by atoms with Gasteiger partial charge < -0.3 is 19.7 Å². The summed E-state index contributed by atoms with van der Waals surface area (Å²) in [7, 11) is 3.77. The Bertz CT molecular complexity index is 598. The molecule has 1 aliphatic heterocycles. The molecule has 0 radical (unpaired) electrons. The Balaban J connectivity index is 0.00000392. The quantitative estimate of drug-likeness (QED) is 0.335. The lowest BCUT2D eigenvalue weighted by Gasteiger charge is -2.33. The van der Waals surface area contributed by atoms with Crippen LogP contribution in [0.3, 0.4) is 0 Å². The average Bonchev–Trinajstić information content (AvgIpc) is 2.65. The van der Waals surface area contributed by atoms with Crippen LogP contribution in [-0.4, -0.2) is 75.4 Å². The lowest BCUT2D eigenvalue weighted by atomic mass is 10.2. The average molecular weight is 504 g/mol. The van der Waals surface area contributed by atoms with Gasteiger partial charge in [-0.3, -0.25) is 9.89 Å². The monoisotopic (exact) mass is 504 g/mol. The summed E-state index contributed by atoms with van der Waals surface area (Å²) in [6.45, 7) is 12.8. The number of para-hydroxylation sites is 1. The second-order valence-electron chi connectivity index (χ2n) is 7.51. The summed E-state index contributed by atoms with van der Waals surface area (Å²) in [5.74, 6) is 2.48. The Labute approximate surface area is 187 Å². The summed E-state index contributed by atoms with van der Waals surface area (Å²) < 4.78 is 11.4. The first-order valence-corrected chi connectivity index (χ1v) is 9.98. The Morgan fingerprint density at radius 3 is 2.82 bits per heavy atom. The molecule has 2 rings (SSSR count). The number of rotatable bonds is 8. The van der Waals surface area contributed by atoms with E-state index in [9.17, 15) is 0 Å². The van der Waals surface area contributed by atoms with E-state index in [2.05, 4.69) is 49.0 Å². The molecule has 0 bridgehead atoms. The Hall–Kier alpha value is -1.06. The highest BCUT2D eigenvalue weighted by atomic mass is 127. The molecule has 1 fully saturated rings. The van der Waals surface area contributed by atoms with Gasteiger partial charge in [-0.1, -0.05) is 32.0 Å². The van der Waals surface area contributed by atoms with Crippen molar-refractivity contribution in [3.05, 3.63) is 29.8 Å². The van der Waals surface area contributed by atoms with Crippen molar-refractivity contribution >= 4 is 29.9 Å². The minimum atomic E-state index is 0. The smallest absolute Gasteiger partial charge is 0.194 e. The number of morpholine rings is 1. The minimum absolute atomic E-state index is 0. The number of hydrogen-bond donors (Lipinski definition) is 1. The predicted octanol–water partition coefficient (Wildman–Crippen LogP) is 3.07. The molecule has 1 aliphatic rings. The molecule has 0 amide bonds. The van der Waals surface area contributed by atoms with Gasteiger partial charge in [-0.05, 0) is 18.9 Å². The van der Waals surface area contributed by atoms with Crippen molar-refractivity contribution in [2.45, 2.75) is 33.4 Å². The van der Waals surface area contributed by atoms with E-state index < -0.39 is 0 Å². The van der Waals surface area contributed by atoms with Crippen molar-refractivity contribution in [2.24, 2.45) is 10.9 Å². The first-order valence-electron chi connectivity index (χ1n) is 9.98. The van der Waals surface area contributed by atoms with Gasteiger partial charge in [0.15, 0.2) is 5.96 Å². The maximum atomic E-state index is 5.94. The van der Waals surface area contributed by atoms with E-state index in [1.165, 1.54) is 0 Å². The molecule has 1 atom stereocenters. The van der Waals surface area contributed by atoms with E-state index >= 15 is 0 Å². The second-order valence-corrected chi connectivity index (χ2v) is 7.51. The molecule has 0 aliphatic carbocycles. The number of nitrogens with zero attached hydrogens (tertiary/aromatic N) is 3. The molecule has 7 heteroatoms. The predicted molar refractivity (Wildman–Crippen MR) is 127 cm³/mol. The zero-order chi connectivity index (χ0) is 19.6. The van der Waals surface area contributed by atoms with Crippen molar-refractivity contribution in [3.63, 3.8) is 0 Å². The van der Waals surface area contributed by atoms with Gasteiger partial charge in [0.2, 0.25) is 0 Å². The van der Waals surface area contributed by atoms with Crippen molar-refractivity contribution in [1.82, 2.24) is 15.1 Å². The molecular formula is C21H37IN4O2. The molecule has 1 heterocycles. The summed E-state index contributed by atoms with van der Waals surface area (Å²) in [5, 5.41) is 3.39. The number of benzene rings is 1. The maximum Gasteiger partial charge on any atom is 0.194 e. The highest BCUT2D eigenvalue weighted by Crippen LogP contribution is 2.18. The van der Waals surface area contributed by atoms with E-state index in [4.69, 9.17) is 14.5 Å². The molecule has 1 N–H and O–H groups in total. The van der Waals surface area contributed by atoms with Gasteiger partial charge in [0.1, 0.15) is 5.75 Å². The van der Waals surface area contributed by atoms with Gasteiger partial charge in [0.05, 0.1) is 26.4 Å². The lowest BCUT2D eigenvalue weighted by Crippen LogP contribution is -2.46. The van der Waals surface area contributed by atoms with Crippen LogP contribution in [0.2, 0.25) is 0 Å². The highest BCUT2D eigenvalue weighted by molar-refractivity contribution is 14.0. The molecule has 6 nitrogen and oxygen atoms in total. The fraction of sp³-hybridized carbons (Fsp3) is 0.667. The third kappa shape index (κ3) is 8.13. The molecule has 1 aromatic rings. The van der Waals surface area contributed by atoms with Crippen LogP contribution >= 0.6 is 24.0 Å². The van der Waals surface area contributed by atoms with Crippen LogP contribution in [0.1, 0.15) is 26.3 Å². The van der Waals surface area contributed by atoms with Crippen LogP contribution in [0, 0.1) is 5.92 Å². The van der Waals surface area contributed by atoms with E-state index in [1.807, 2.05) is 18.2 Å². The van der Waals surface area contributed by atoms with Gasteiger partial charge in [-0.15, -0.1) is 24.0 Å². The van der Waals surface area contributed by atoms with Gasteiger partial charge in [0.25, 0.3) is 0 Å². The minimum Gasteiger partial charge on any atom is -0.496 e. The van der Waals surface area contributed by atoms with E-state index in [1.54, 1.807) is 7.11 Å². The Morgan fingerprint density at radius 2 is 2.14 bits per heavy atom. The van der Waals surface area contributed by atoms with E-state index in [-0.39, 0.29) is 30.1 Å². The number of ether oxygens (including phenoxy) is 2. The normalized spacial score (nSPS) is 17.9. The standard InChI is InChI=1S/C21H36N4O2.HI/c1-6-22-21(24(4)15-18-9-7-8-10-20(18)26-5)23-13-19-16-25(11-12-27-19)14-17(2)3;/h7-10,17,19H,6,11-16H2,1-5H3,(H,22,23);1H. The third-order valence-electron chi connectivity index (χ3n) is 4.59. The SMILES string of the molecule is CCNC(=NCC1CN(CC(C)C)CCO1)N(C)Cc1ccccc1OC.I. The first-order chi connectivity index (χ1) is 13.0. The zero-order valence-electron chi connectivity index (χ0n) is 18.0. The van der Waals surface area contributed by atoms with E-state index in [0.717, 1.165) is 56.6 Å². The summed E-state index contributed by atoms with van der Waals surface area (Å²) in [5.41, 5.74) is 1.14.